The van der Waals surface area contributed by atoms with Crippen LogP contribution in [0.25, 0.3) is 0 Å². The molecular formula is C12H24N4O. The molecule has 5 nitrogen and oxygen atoms in total. The van der Waals surface area contributed by atoms with Gasteiger partial charge in [0.1, 0.15) is 0 Å². The van der Waals surface area contributed by atoms with E-state index in [9.17, 15) is 0 Å². The summed E-state index contributed by atoms with van der Waals surface area (Å²) >= 11 is 0. The van der Waals surface area contributed by atoms with E-state index in [0.717, 1.165) is 57.4 Å². The second-order valence-electron chi connectivity index (χ2n) is 4.29. The Labute approximate surface area is 103 Å². The number of nitrogens with zero attached hydrogens (tertiary/aromatic N) is 3. The molecule has 0 aliphatic carbocycles. The molecular weight excluding hydrogens is 216 g/mol. The van der Waals surface area contributed by atoms with Crippen molar-refractivity contribution in [3.05, 3.63) is 11.9 Å². The first kappa shape index (κ1) is 14.1. The third kappa shape index (κ3) is 6.38. The maximum atomic E-state index is 8.65. The SMILES string of the molecule is CCCNCc1cn(CCCCCCO)nn1. The van der Waals surface area contributed by atoms with Crippen LogP contribution in [0.2, 0.25) is 0 Å². The van der Waals surface area contributed by atoms with E-state index >= 15 is 0 Å². The summed E-state index contributed by atoms with van der Waals surface area (Å²) in [6.45, 7) is 5.20. The largest absolute Gasteiger partial charge is 0.396 e. The minimum Gasteiger partial charge on any atom is -0.396 e. The smallest absolute Gasteiger partial charge is 0.0964 e. The monoisotopic (exact) mass is 240 g/mol. The van der Waals surface area contributed by atoms with Gasteiger partial charge in [-0.3, -0.25) is 4.68 Å². The summed E-state index contributed by atoms with van der Waals surface area (Å²) in [6, 6.07) is 0. The molecule has 0 amide bonds. The number of aryl methyl sites for hydroxylation is 1. The third-order valence-electron chi connectivity index (χ3n) is 2.61. The summed E-state index contributed by atoms with van der Waals surface area (Å²) in [4.78, 5) is 0. The lowest BCUT2D eigenvalue weighted by atomic mass is 10.2. The van der Waals surface area contributed by atoms with E-state index in [1.165, 1.54) is 0 Å². The molecule has 0 atom stereocenters. The Hall–Kier alpha value is -0.940. The van der Waals surface area contributed by atoms with Crippen LogP contribution in [0.3, 0.4) is 0 Å². The topological polar surface area (TPSA) is 63.0 Å². The minimum atomic E-state index is 0.302. The molecule has 0 aromatic carbocycles. The van der Waals surface area contributed by atoms with E-state index < -0.39 is 0 Å². The van der Waals surface area contributed by atoms with Gasteiger partial charge >= 0.3 is 0 Å². The van der Waals surface area contributed by atoms with Gasteiger partial charge < -0.3 is 10.4 Å². The van der Waals surface area contributed by atoms with Crippen LogP contribution < -0.4 is 5.32 Å². The quantitative estimate of drug-likeness (QED) is 0.606. The Morgan fingerprint density at radius 1 is 1.29 bits per heavy atom. The molecule has 98 valence electrons. The molecule has 5 heteroatoms. The molecule has 0 spiro atoms. The number of nitrogens with one attached hydrogen (secondary N) is 1. The summed E-state index contributed by atoms with van der Waals surface area (Å²) in [5, 5.41) is 20.2. The van der Waals surface area contributed by atoms with Crippen molar-refractivity contribution in [2.24, 2.45) is 0 Å². The van der Waals surface area contributed by atoms with E-state index in [1.807, 2.05) is 10.9 Å². The zero-order valence-corrected chi connectivity index (χ0v) is 10.7. The molecule has 2 N–H and O–H groups in total. The molecule has 0 radical (unpaired) electrons. The lowest BCUT2D eigenvalue weighted by molar-refractivity contribution is 0.282. The molecule has 0 aliphatic rings. The number of hydrogen-bond donors (Lipinski definition) is 2. The molecule has 0 aliphatic heterocycles. The number of unbranched alkanes of at least 4 members (excludes halogenated alkanes) is 3. The summed E-state index contributed by atoms with van der Waals surface area (Å²) in [5.41, 5.74) is 1.01. The summed E-state index contributed by atoms with van der Waals surface area (Å²) in [6.07, 6.45) is 7.39. The van der Waals surface area contributed by atoms with Crippen LogP contribution in [0.15, 0.2) is 6.20 Å². The van der Waals surface area contributed by atoms with E-state index in [-0.39, 0.29) is 0 Å². The van der Waals surface area contributed by atoms with Gasteiger partial charge in [-0.1, -0.05) is 25.0 Å². The molecule has 1 aromatic rings. The number of aromatic nitrogens is 3. The Morgan fingerprint density at radius 2 is 2.12 bits per heavy atom. The molecule has 17 heavy (non-hydrogen) atoms. The lowest BCUT2D eigenvalue weighted by Crippen LogP contribution is -2.13. The van der Waals surface area contributed by atoms with Crippen LogP contribution in [-0.2, 0) is 13.1 Å². The Bertz CT molecular complexity index is 288. The van der Waals surface area contributed by atoms with Crippen LogP contribution in [0.4, 0.5) is 0 Å². The summed E-state index contributed by atoms with van der Waals surface area (Å²) < 4.78 is 1.90. The predicted molar refractivity (Wildman–Crippen MR) is 67.6 cm³/mol. The van der Waals surface area contributed by atoms with Crippen molar-refractivity contribution >= 4 is 0 Å². The van der Waals surface area contributed by atoms with Gasteiger partial charge in [0.05, 0.1) is 5.69 Å². The van der Waals surface area contributed by atoms with Gasteiger partial charge in [0.2, 0.25) is 0 Å². The van der Waals surface area contributed by atoms with Crippen LogP contribution in [-0.4, -0.2) is 33.3 Å². The van der Waals surface area contributed by atoms with Crippen LogP contribution >= 0.6 is 0 Å². The Kier molecular flexibility index (Phi) is 7.58. The van der Waals surface area contributed by atoms with Gasteiger partial charge in [-0.15, -0.1) is 5.10 Å². The summed E-state index contributed by atoms with van der Waals surface area (Å²) in [7, 11) is 0. The molecule has 0 fully saturated rings. The fourth-order valence-electron chi connectivity index (χ4n) is 1.66. The predicted octanol–water partition coefficient (Wildman–Crippen LogP) is 1.33. The van der Waals surface area contributed by atoms with Crippen molar-refractivity contribution < 1.29 is 5.11 Å². The van der Waals surface area contributed by atoms with Gasteiger partial charge in [0, 0.05) is 25.9 Å². The van der Waals surface area contributed by atoms with Gasteiger partial charge in [-0.05, 0) is 25.8 Å². The van der Waals surface area contributed by atoms with E-state index in [1.54, 1.807) is 0 Å². The highest BCUT2D eigenvalue weighted by atomic mass is 16.2. The van der Waals surface area contributed by atoms with Gasteiger partial charge in [-0.2, -0.15) is 0 Å². The van der Waals surface area contributed by atoms with Gasteiger partial charge in [0.15, 0.2) is 0 Å². The highest BCUT2D eigenvalue weighted by molar-refractivity contribution is 4.91. The van der Waals surface area contributed by atoms with Crippen molar-refractivity contribution in [2.75, 3.05) is 13.2 Å². The average Bonchev–Trinajstić information content (AvgIpc) is 2.77. The first-order valence-electron chi connectivity index (χ1n) is 6.57. The number of aliphatic hydroxyl groups excluding tert-OH is 1. The lowest BCUT2D eigenvalue weighted by Gasteiger charge is -2.00. The molecule has 0 saturated heterocycles. The first-order valence-corrected chi connectivity index (χ1v) is 6.57. The number of aliphatic hydroxyl groups is 1. The maximum absolute atomic E-state index is 8.65. The van der Waals surface area contributed by atoms with Crippen LogP contribution in [0.1, 0.15) is 44.7 Å². The van der Waals surface area contributed by atoms with E-state index in [2.05, 4.69) is 22.6 Å². The summed E-state index contributed by atoms with van der Waals surface area (Å²) in [5.74, 6) is 0. The normalized spacial score (nSPS) is 10.9. The average molecular weight is 240 g/mol. The molecule has 0 bridgehead atoms. The number of hydrogen-bond acceptors (Lipinski definition) is 4. The fraction of sp³-hybridized carbons (Fsp3) is 0.833. The fourth-order valence-corrected chi connectivity index (χ4v) is 1.66. The van der Waals surface area contributed by atoms with Crippen molar-refractivity contribution in [3.63, 3.8) is 0 Å². The van der Waals surface area contributed by atoms with Crippen molar-refractivity contribution in [1.29, 1.82) is 0 Å². The van der Waals surface area contributed by atoms with Crippen LogP contribution in [0.5, 0.6) is 0 Å². The molecule has 0 saturated carbocycles. The second kappa shape index (κ2) is 9.13. The Balaban J connectivity index is 2.12. The van der Waals surface area contributed by atoms with Crippen LogP contribution in [0, 0.1) is 0 Å². The second-order valence-corrected chi connectivity index (χ2v) is 4.29. The zero-order chi connectivity index (χ0) is 12.3. The molecule has 1 aromatic heterocycles. The third-order valence-corrected chi connectivity index (χ3v) is 2.61. The zero-order valence-electron chi connectivity index (χ0n) is 10.7. The highest BCUT2D eigenvalue weighted by Gasteiger charge is 1.99. The molecule has 1 heterocycles. The maximum Gasteiger partial charge on any atom is 0.0964 e. The Morgan fingerprint density at radius 3 is 2.88 bits per heavy atom. The first-order chi connectivity index (χ1) is 8.36. The van der Waals surface area contributed by atoms with Gasteiger partial charge in [-0.25, -0.2) is 0 Å². The van der Waals surface area contributed by atoms with Gasteiger partial charge in [0.25, 0.3) is 0 Å². The standard InChI is InChI=1S/C12H24N4O/c1-2-7-13-10-12-11-16(15-14-12)8-5-3-4-6-9-17/h11,13,17H,2-10H2,1H3. The van der Waals surface area contributed by atoms with E-state index in [0.29, 0.717) is 6.61 Å². The highest BCUT2D eigenvalue weighted by Crippen LogP contribution is 2.02. The van der Waals surface area contributed by atoms with Crippen molar-refractivity contribution in [2.45, 2.75) is 52.1 Å². The molecule has 1 rings (SSSR count). The minimum absolute atomic E-state index is 0.302. The molecule has 0 unspecified atom stereocenters. The van der Waals surface area contributed by atoms with Crippen molar-refractivity contribution in [3.8, 4) is 0 Å². The number of rotatable bonds is 10. The van der Waals surface area contributed by atoms with Crippen molar-refractivity contribution in [1.82, 2.24) is 20.3 Å². The van der Waals surface area contributed by atoms with E-state index in [4.69, 9.17) is 5.11 Å².